The average Bonchev–Trinajstić information content (AvgIpc) is 3.08. The Morgan fingerprint density at radius 1 is 1.07 bits per heavy atom. The fourth-order valence-corrected chi connectivity index (χ4v) is 3.59. The molecule has 0 radical (unpaired) electrons. The van der Waals surface area contributed by atoms with E-state index in [-0.39, 0.29) is 11.8 Å². The number of aromatic nitrogens is 1. The van der Waals surface area contributed by atoms with Crippen molar-refractivity contribution in [2.45, 2.75) is 13.0 Å². The molecule has 1 fully saturated rings. The third-order valence-corrected chi connectivity index (χ3v) is 5.14. The Balaban J connectivity index is 1.45. The number of rotatable bonds is 4. The molecule has 2 amide bonds. The number of carbonyl (C=O) groups excluding carboxylic acids is 2. The molecule has 0 saturated carbocycles. The van der Waals surface area contributed by atoms with Crippen molar-refractivity contribution in [2.24, 2.45) is 0 Å². The van der Waals surface area contributed by atoms with Crippen molar-refractivity contribution in [3.63, 3.8) is 0 Å². The molecule has 0 spiro atoms. The molecule has 0 unspecified atom stereocenters. The maximum Gasteiger partial charge on any atom is 0.270 e. The van der Waals surface area contributed by atoms with Crippen molar-refractivity contribution in [1.29, 1.82) is 0 Å². The fraction of sp³-hybridized carbons (Fsp3) is 0.273. The van der Waals surface area contributed by atoms with E-state index in [2.05, 4.69) is 4.98 Å². The van der Waals surface area contributed by atoms with Crippen LogP contribution in [0.4, 0.5) is 0 Å². The first-order chi connectivity index (χ1) is 13.6. The minimum Gasteiger partial charge on any atom is -0.497 e. The third kappa shape index (κ3) is 3.71. The third-order valence-electron chi connectivity index (χ3n) is 5.14. The average molecular weight is 377 g/mol. The highest BCUT2D eigenvalue weighted by atomic mass is 16.5. The van der Waals surface area contributed by atoms with Crippen LogP contribution in [0.3, 0.4) is 0 Å². The molecule has 1 saturated heterocycles. The lowest BCUT2D eigenvalue weighted by atomic mass is 10.2. The van der Waals surface area contributed by atoms with Crippen LogP contribution in [0.1, 0.15) is 22.5 Å². The number of methoxy groups -OCH3 is 1. The minimum absolute atomic E-state index is 0.0627. The maximum absolute atomic E-state index is 12.9. The van der Waals surface area contributed by atoms with Crippen LogP contribution in [0.25, 0.3) is 10.9 Å². The van der Waals surface area contributed by atoms with E-state index in [0.29, 0.717) is 38.3 Å². The van der Waals surface area contributed by atoms with Gasteiger partial charge >= 0.3 is 0 Å². The number of para-hydroxylation sites is 1. The smallest absolute Gasteiger partial charge is 0.270 e. The Morgan fingerprint density at radius 2 is 1.93 bits per heavy atom. The second-order valence-electron chi connectivity index (χ2n) is 6.98. The van der Waals surface area contributed by atoms with Crippen LogP contribution in [0.15, 0.2) is 54.6 Å². The maximum atomic E-state index is 12.9. The molecule has 2 heterocycles. The fourth-order valence-electron chi connectivity index (χ4n) is 3.59. The van der Waals surface area contributed by atoms with Crippen molar-refractivity contribution >= 4 is 22.7 Å². The summed E-state index contributed by atoms with van der Waals surface area (Å²) in [7, 11) is 1.63. The first kappa shape index (κ1) is 18.1. The zero-order valence-corrected chi connectivity index (χ0v) is 15.9. The molecule has 4 rings (SSSR count). The van der Waals surface area contributed by atoms with E-state index in [1.54, 1.807) is 12.0 Å². The zero-order chi connectivity index (χ0) is 19.5. The number of nitrogens with one attached hydrogen (secondary N) is 1. The predicted molar refractivity (Wildman–Crippen MR) is 107 cm³/mol. The summed E-state index contributed by atoms with van der Waals surface area (Å²) in [4.78, 5) is 32.2. The molecule has 3 aromatic rings. The summed E-state index contributed by atoms with van der Waals surface area (Å²) in [5, 5.41) is 1.01. The van der Waals surface area contributed by atoms with Gasteiger partial charge in [0.2, 0.25) is 5.91 Å². The predicted octanol–water partition coefficient (Wildman–Crippen LogP) is 3.05. The van der Waals surface area contributed by atoms with Gasteiger partial charge in [0.25, 0.3) is 5.91 Å². The van der Waals surface area contributed by atoms with E-state index in [1.165, 1.54) is 0 Å². The van der Waals surface area contributed by atoms with Gasteiger partial charge in [-0.15, -0.1) is 0 Å². The van der Waals surface area contributed by atoms with Crippen LogP contribution in [0.5, 0.6) is 5.75 Å². The summed E-state index contributed by atoms with van der Waals surface area (Å²) in [6, 6.07) is 17.4. The van der Waals surface area contributed by atoms with Gasteiger partial charge in [0.1, 0.15) is 11.4 Å². The van der Waals surface area contributed by atoms with Gasteiger partial charge in [-0.25, -0.2) is 0 Å². The summed E-state index contributed by atoms with van der Waals surface area (Å²) in [6.45, 7) is 1.98. The van der Waals surface area contributed by atoms with E-state index < -0.39 is 0 Å². The number of ether oxygens (including phenoxy) is 1. The van der Waals surface area contributed by atoms with Crippen LogP contribution in [0.2, 0.25) is 0 Å². The van der Waals surface area contributed by atoms with E-state index in [0.717, 1.165) is 22.2 Å². The topological polar surface area (TPSA) is 65.6 Å². The van der Waals surface area contributed by atoms with Crippen molar-refractivity contribution in [3.8, 4) is 5.75 Å². The highest BCUT2D eigenvalue weighted by Crippen LogP contribution is 2.19. The molecule has 1 aliphatic heterocycles. The summed E-state index contributed by atoms with van der Waals surface area (Å²) in [6.07, 6.45) is 0.329. The molecule has 144 valence electrons. The van der Waals surface area contributed by atoms with E-state index in [1.807, 2.05) is 59.5 Å². The zero-order valence-electron chi connectivity index (χ0n) is 15.9. The lowest BCUT2D eigenvalue weighted by Crippen LogP contribution is -2.35. The Bertz CT molecular complexity index is 978. The summed E-state index contributed by atoms with van der Waals surface area (Å²) >= 11 is 0. The van der Waals surface area contributed by atoms with Gasteiger partial charge in [0.15, 0.2) is 0 Å². The van der Waals surface area contributed by atoms with Gasteiger partial charge in [-0.05, 0) is 29.8 Å². The lowest BCUT2D eigenvalue weighted by molar-refractivity contribution is -0.130. The Kier molecular flexibility index (Phi) is 5.02. The number of amides is 2. The number of hydrogen-bond donors (Lipinski definition) is 1. The van der Waals surface area contributed by atoms with E-state index >= 15 is 0 Å². The number of hydrogen-bond acceptors (Lipinski definition) is 3. The summed E-state index contributed by atoms with van der Waals surface area (Å²) in [5.74, 6) is 0.775. The van der Waals surface area contributed by atoms with Crippen LogP contribution < -0.4 is 4.74 Å². The summed E-state index contributed by atoms with van der Waals surface area (Å²) in [5.41, 5.74) is 2.52. The van der Waals surface area contributed by atoms with Crippen LogP contribution in [-0.4, -0.2) is 53.3 Å². The van der Waals surface area contributed by atoms with E-state index in [9.17, 15) is 9.59 Å². The Hall–Kier alpha value is -3.28. The van der Waals surface area contributed by atoms with Gasteiger partial charge in [-0.2, -0.15) is 0 Å². The van der Waals surface area contributed by atoms with Crippen LogP contribution in [-0.2, 0) is 11.3 Å². The van der Waals surface area contributed by atoms with Crippen molar-refractivity contribution in [1.82, 2.24) is 14.8 Å². The quantitative estimate of drug-likeness (QED) is 0.760. The van der Waals surface area contributed by atoms with Gasteiger partial charge in [-0.1, -0.05) is 30.3 Å². The molecule has 0 aliphatic carbocycles. The molecule has 2 aromatic carbocycles. The monoisotopic (exact) mass is 377 g/mol. The molecular weight excluding hydrogens is 354 g/mol. The molecular formula is C22H23N3O3. The number of carbonyl (C=O) groups is 2. The molecule has 1 N–H and O–H groups in total. The number of nitrogens with zero attached hydrogens (tertiary/aromatic N) is 2. The largest absolute Gasteiger partial charge is 0.497 e. The second-order valence-corrected chi connectivity index (χ2v) is 6.98. The van der Waals surface area contributed by atoms with Gasteiger partial charge < -0.3 is 19.5 Å². The SMILES string of the molecule is COc1cccc(CN2CCN(C(=O)c3cc4ccccc4[nH]3)CCC2=O)c1. The highest BCUT2D eigenvalue weighted by Gasteiger charge is 2.25. The standard InChI is InChI=1S/C22H23N3O3/c1-28-18-7-4-5-16(13-18)15-25-12-11-24(10-9-21(25)26)22(27)20-14-17-6-2-3-8-19(17)23-20/h2-8,13-14,23H,9-12,15H2,1H3. The minimum atomic E-state index is -0.0627. The van der Waals surface area contributed by atoms with Gasteiger partial charge in [0, 0.05) is 43.5 Å². The molecule has 6 heteroatoms. The normalized spacial score (nSPS) is 15.0. The van der Waals surface area contributed by atoms with Crippen molar-refractivity contribution in [3.05, 3.63) is 65.9 Å². The Morgan fingerprint density at radius 3 is 2.75 bits per heavy atom. The molecule has 1 aliphatic rings. The van der Waals surface area contributed by atoms with Gasteiger partial charge in [-0.3, -0.25) is 9.59 Å². The summed E-state index contributed by atoms with van der Waals surface area (Å²) < 4.78 is 5.26. The second kappa shape index (κ2) is 7.76. The van der Waals surface area contributed by atoms with Gasteiger partial charge in [0.05, 0.1) is 7.11 Å². The van der Waals surface area contributed by atoms with E-state index in [4.69, 9.17) is 4.74 Å². The number of aromatic amines is 1. The number of H-pyrrole nitrogens is 1. The first-order valence-corrected chi connectivity index (χ1v) is 9.42. The van der Waals surface area contributed by atoms with Crippen LogP contribution in [0, 0.1) is 0 Å². The lowest BCUT2D eigenvalue weighted by Gasteiger charge is -2.22. The molecule has 28 heavy (non-hydrogen) atoms. The van der Waals surface area contributed by atoms with Crippen molar-refractivity contribution in [2.75, 3.05) is 26.7 Å². The molecule has 1 aromatic heterocycles. The highest BCUT2D eigenvalue weighted by molar-refractivity contribution is 5.98. The molecule has 6 nitrogen and oxygen atoms in total. The first-order valence-electron chi connectivity index (χ1n) is 9.42. The van der Waals surface area contributed by atoms with Crippen molar-refractivity contribution < 1.29 is 14.3 Å². The van der Waals surface area contributed by atoms with Crippen LogP contribution >= 0.6 is 0 Å². The Labute approximate surface area is 163 Å². The number of benzene rings is 2. The number of fused-ring (bicyclic) bond motifs is 1. The molecule has 0 atom stereocenters. The molecule has 0 bridgehead atoms.